The zero-order valence-corrected chi connectivity index (χ0v) is 21.5. The number of aliphatic hydroxyl groups excluding tert-OH is 1. The third kappa shape index (κ3) is 16.2. The lowest BCUT2D eigenvalue weighted by Gasteiger charge is -2.18. The summed E-state index contributed by atoms with van der Waals surface area (Å²) in [5, 5.41) is 12.4. The van der Waals surface area contributed by atoms with Crippen molar-refractivity contribution in [3.05, 3.63) is 0 Å². The molecule has 0 radical (unpaired) electrons. The van der Waals surface area contributed by atoms with Crippen LogP contribution in [-0.2, 0) is 19.1 Å². The quantitative estimate of drug-likeness (QED) is 0.162. The van der Waals surface area contributed by atoms with Crippen molar-refractivity contribution in [3.63, 3.8) is 0 Å². The number of rotatable bonds is 21. The summed E-state index contributed by atoms with van der Waals surface area (Å²) in [5.41, 5.74) is 0. The van der Waals surface area contributed by atoms with Crippen molar-refractivity contribution in [1.82, 2.24) is 5.32 Å². The Kier molecular flexibility index (Phi) is 18.3. The zero-order valence-electron chi connectivity index (χ0n) is 21.5. The molecule has 6 heteroatoms. The Labute approximate surface area is 202 Å². The minimum absolute atomic E-state index is 0.0487. The lowest BCUT2D eigenvalue weighted by atomic mass is 10.0. The molecule has 0 aromatic heterocycles. The van der Waals surface area contributed by atoms with E-state index >= 15 is 0 Å². The molecule has 33 heavy (non-hydrogen) atoms. The van der Waals surface area contributed by atoms with Crippen LogP contribution in [0.1, 0.15) is 129 Å². The summed E-state index contributed by atoms with van der Waals surface area (Å²) in [5.74, 6) is -0.434. The van der Waals surface area contributed by atoms with E-state index in [-0.39, 0.29) is 18.0 Å². The van der Waals surface area contributed by atoms with Gasteiger partial charge in [-0.3, -0.25) is 9.59 Å². The van der Waals surface area contributed by atoms with E-state index in [2.05, 4.69) is 19.2 Å². The smallest absolute Gasteiger partial charge is 0.323 e. The summed E-state index contributed by atoms with van der Waals surface area (Å²) in [6, 6.07) is -0.408. The fourth-order valence-corrected chi connectivity index (χ4v) is 4.35. The SMILES string of the molecule is CCCCCCCCC(CCCCCCCC)OC(=O)CCCCOC(=O)[C@@H]1C[C@@H](O)CN1. The predicted molar refractivity (Wildman–Crippen MR) is 133 cm³/mol. The van der Waals surface area contributed by atoms with E-state index in [1.54, 1.807) is 0 Å². The number of aliphatic hydroxyl groups is 1. The molecule has 2 N–H and O–H groups in total. The van der Waals surface area contributed by atoms with Gasteiger partial charge in [-0.05, 0) is 38.5 Å². The van der Waals surface area contributed by atoms with Crippen molar-refractivity contribution >= 4 is 11.9 Å². The van der Waals surface area contributed by atoms with Gasteiger partial charge in [0.05, 0.1) is 12.7 Å². The van der Waals surface area contributed by atoms with Gasteiger partial charge in [-0.25, -0.2) is 0 Å². The molecule has 0 amide bonds. The maximum atomic E-state index is 12.4. The van der Waals surface area contributed by atoms with E-state index in [0.717, 1.165) is 25.7 Å². The average Bonchev–Trinajstić information content (AvgIpc) is 3.24. The minimum Gasteiger partial charge on any atom is -0.465 e. The molecular weight excluding hydrogens is 418 g/mol. The summed E-state index contributed by atoms with van der Waals surface area (Å²) in [7, 11) is 0. The molecule has 0 aromatic rings. The summed E-state index contributed by atoms with van der Waals surface area (Å²) in [6.07, 6.45) is 18.7. The van der Waals surface area contributed by atoms with Gasteiger partial charge in [0.25, 0.3) is 0 Å². The van der Waals surface area contributed by atoms with Gasteiger partial charge in [0, 0.05) is 19.4 Å². The number of ether oxygens (including phenoxy) is 2. The lowest BCUT2D eigenvalue weighted by molar-refractivity contribution is -0.150. The number of unbranched alkanes of at least 4 members (excludes halogenated alkanes) is 11. The van der Waals surface area contributed by atoms with Crippen molar-refractivity contribution in [2.24, 2.45) is 0 Å². The van der Waals surface area contributed by atoms with Gasteiger partial charge in [-0.1, -0.05) is 78.1 Å². The second kappa shape index (κ2) is 20.3. The summed E-state index contributed by atoms with van der Waals surface area (Å²) >= 11 is 0. The van der Waals surface area contributed by atoms with Gasteiger partial charge in [-0.15, -0.1) is 0 Å². The van der Waals surface area contributed by atoms with Crippen molar-refractivity contribution in [1.29, 1.82) is 0 Å². The minimum atomic E-state index is -0.474. The number of carbonyl (C=O) groups excluding carboxylic acids is 2. The Balaban J connectivity index is 2.20. The molecular formula is C27H51NO5. The van der Waals surface area contributed by atoms with E-state index < -0.39 is 12.1 Å². The number of nitrogens with one attached hydrogen (secondary N) is 1. The van der Waals surface area contributed by atoms with Crippen LogP contribution < -0.4 is 5.32 Å². The lowest BCUT2D eigenvalue weighted by Crippen LogP contribution is -2.32. The normalized spacial score (nSPS) is 18.1. The molecule has 1 aliphatic rings. The average molecular weight is 470 g/mol. The highest BCUT2D eigenvalue weighted by Gasteiger charge is 2.29. The highest BCUT2D eigenvalue weighted by Crippen LogP contribution is 2.18. The number of carbonyl (C=O) groups is 2. The molecule has 1 fully saturated rings. The topological polar surface area (TPSA) is 84.9 Å². The second-order valence-electron chi connectivity index (χ2n) is 9.70. The summed E-state index contributed by atoms with van der Waals surface area (Å²) < 4.78 is 11.1. The van der Waals surface area contributed by atoms with Crippen LogP contribution in [0.15, 0.2) is 0 Å². The Morgan fingerprint density at radius 1 is 0.848 bits per heavy atom. The Bertz CT molecular complexity index is 483. The van der Waals surface area contributed by atoms with Crippen molar-refractivity contribution in [3.8, 4) is 0 Å². The third-order valence-corrected chi connectivity index (χ3v) is 6.47. The molecule has 1 heterocycles. The Morgan fingerprint density at radius 3 is 1.97 bits per heavy atom. The van der Waals surface area contributed by atoms with E-state index in [1.165, 1.54) is 64.2 Å². The Morgan fingerprint density at radius 2 is 1.42 bits per heavy atom. The molecule has 1 saturated heterocycles. The molecule has 2 atom stereocenters. The van der Waals surface area contributed by atoms with E-state index in [4.69, 9.17) is 9.47 Å². The standard InChI is InChI=1S/C27H51NO5/c1-3-5-7-9-11-13-17-24(18-14-12-10-8-6-4-2)33-26(30)19-15-16-20-32-27(31)25-21-23(29)22-28-25/h23-25,28-29H,3-22H2,1-2H3/t23-,25+/m1/s1. The molecule has 0 unspecified atom stereocenters. The van der Waals surface area contributed by atoms with Gasteiger partial charge in [-0.2, -0.15) is 0 Å². The first-order valence-corrected chi connectivity index (χ1v) is 13.8. The highest BCUT2D eigenvalue weighted by molar-refractivity contribution is 5.76. The zero-order chi connectivity index (χ0) is 24.2. The van der Waals surface area contributed by atoms with Crippen molar-refractivity contribution < 1.29 is 24.2 Å². The first-order chi connectivity index (χ1) is 16.1. The number of hydrogen-bond donors (Lipinski definition) is 2. The number of β-amino-alcohol motifs (C(OH)–C–C–N with tert-alkyl or cyclic N) is 1. The highest BCUT2D eigenvalue weighted by atomic mass is 16.5. The van der Waals surface area contributed by atoms with Crippen LogP contribution in [0.25, 0.3) is 0 Å². The maximum Gasteiger partial charge on any atom is 0.323 e. The first-order valence-electron chi connectivity index (χ1n) is 13.8. The van der Waals surface area contributed by atoms with E-state index in [1.807, 2.05) is 0 Å². The van der Waals surface area contributed by atoms with Gasteiger partial charge in [0.15, 0.2) is 0 Å². The van der Waals surface area contributed by atoms with Crippen LogP contribution in [-0.4, -0.2) is 48.4 Å². The molecule has 0 bridgehead atoms. The molecule has 0 saturated carbocycles. The number of hydrogen-bond acceptors (Lipinski definition) is 6. The summed E-state index contributed by atoms with van der Waals surface area (Å²) in [6.45, 7) is 5.21. The molecule has 1 rings (SSSR count). The van der Waals surface area contributed by atoms with Crippen LogP contribution in [0.4, 0.5) is 0 Å². The van der Waals surface area contributed by atoms with Crippen LogP contribution in [0.3, 0.4) is 0 Å². The molecule has 0 spiro atoms. The van der Waals surface area contributed by atoms with Crippen LogP contribution in [0.5, 0.6) is 0 Å². The maximum absolute atomic E-state index is 12.4. The van der Waals surface area contributed by atoms with Crippen LogP contribution in [0.2, 0.25) is 0 Å². The van der Waals surface area contributed by atoms with E-state index in [9.17, 15) is 14.7 Å². The summed E-state index contributed by atoms with van der Waals surface area (Å²) in [4.78, 5) is 24.3. The molecule has 6 nitrogen and oxygen atoms in total. The number of esters is 2. The largest absolute Gasteiger partial charge is 0.465 e. The fourth-order valence-electron chi connectivity index (χ4n) is 4.35. The molecule has 0 aliphatic carbocycles. The van der Waals surface area contributed by atoms with Crippen molar-refractivity contribution in [2.75, 3.05) is 13.2 Å². The van der Waals surface area contributed by atoms with Gasteiger partial charge in [0.2, 0.25) is 0 Å². The third-order valence-electron chi connectivity index (χ3n) is 6.47. The fraction of sp³-hybridized carbons (Fsp3) is 0.926. The van der Waals surface area contributed by atoms with Gasteiger partial charge < -0.3 is 19.9 Å². The Hall–Kier alpha value is -1.14. The van der Waals surface area contributed by atoms with Gasteiger partial charge in [0.1, 0.15) is 12.1 Å². The molecule has 0 aromatic carbocycles. The van der Waals surface area contributed by atoms with Crippen LogP contribution >= 0.6 is 0 Å². The predicted octanol–water partition coefficient (Wildman–Crippen LogP) is 5.84. The second-order valence-corrected chi connectivity index (χ2v) is 9.70. The van der Waals surface area contributed by atoms with Crippen molar-refractivity contribution in [2.45, 2.75) is 148 Å². The first kappa shape index (κ1) is 29.9. The van der Waals surface area contributed by atoms with Gasteiger partial charge >= 0.3 is 11.9 Å². The molecule has 1 aliphatic heterocycles. The van der Waals surface area contributed by atoms with E-state index in [0.29, 0.717) is 38.8 Å². The monoisotopic (exact) mass is 469 g/mol. The van der Waals surface area contributed by atoms with Crippen LogP contribution in [0, 0.1) is 0 Å². The molecule has 194 valence electrons.